The molecule has 0 aliphatic heterocycles. The van der Waals surface area contributed by atoms with Gasteiger partial charge in [-0.25, -0.2) is 4.58 Å². The van der Waals surface area contributed by atoms with Crippen molar-refractivity contribution >= 4 is 6.21 Å². The van der Waals surface area contributed by atoms with Gasteiger partial charge in [0.25, 0.3) is 0 Å². The highest BCUT2D eigenvalue weighted by atomic mass is 14.9. The smallest absolute Gasteiger partial charge is 0.142 e. The zero-order chi connectivity index (χ0) is 14.9. The molecule has 0 saturated carbocycles. The number of unbranched alkanes of at least 4 members (excludes halogenated alkanes) is 12. The van der Waals surface area contributed by atoms with Crippen LogP contribution in [0.4, 0.5) is 0 Å². The van der Waals surface area contributed by atoms with Crippen LogP contribution in [-0.2, 0) is 0 Å². The van der Waals surface area contributed by atoms with E-state index in [0.29, 0.717) is 0 Å². The third kappa shape index (κ3) is 15.7. The SMILES string of the molecule is CCCC=[N+](C)CCCCCCCCCCCCCC. The highest BCUT2D eigenvalue weighted by Gasteiger charge is 1.97. The van der Waals surface area contributed by atoms with Crippen molar-refractivity contribution in [3.63, 3.8) is 0 Å². The van der Waals surface area contributed by atoms with Crippen LogP contribution in [-0.4, -0.2) is 24.4 Å². The second-order valence-electron chi connectivity index (χ2n) is 6.34. The molecule has 20 heavy (non-hydrogen) atoms. The van der Waals surface area contributed by atoms with E-state index in [0.717, 1.165) is 0 Å². The van der Waals surface area contributed by atoms with Gasteiger partial charge in [0.2, 0.25) is 0 Å². The van der Waals surface area contributed by atoms with Gasteiger partial charge >= 0.3 is 0 Å². The van der Waals surface area contributed by atoms with E-state index < -0.39 is 0 Å². The highest BCUT2D eigenvalue weighted by Crippen LogP contribution is 2.11. The Labute approximate surface area is 128 Å². The monoisotopic (exact) mass is 282 g/mol. The fourth-order valence-electron chi connectivity index (χ4n) is 2.64. The molecule has 0 aromatic rings. The van der Waals surface area contributed by atoms with E-state index in [1.165, 1.54) is 96.4 Å². The molecule has 0 amide bonds. The van der Waals surface area contributed by atoms with Gasteiger partial charge in [-0.15, -0.1) is 0 Å². The summed E-state index contributed by atoms with van der Waals surface area (Å²) < 4.78 is 2.37. The highest BCUT2D eigenvalue weighted by molar-refractivity contribution is 5.50. The fourth-order valence-corrected chi connectivity index (χ4v) is 2.64. The lowest BCUT2D eigenvalue weighted by atomic mass is 10.1. The summed E-state index contributed by atoms with van der Waals surface area (Å²) in [7, 11) is 2.22. The molecule has 1 heteroatoms. The van der Waals surface area contributed by atoms with Crippen LogP contribution in [0.5, 0.6) is 0 Å². The largest absolute Gasteiger partial charge is 0.242 e. The van der Waals surface area contributed by atoms with Crippen molar-refractivity contribution < 1.29 is 4.58 Å². The van der Waals surface area contributed by atoms with E-state index in [-0.39, 0.29) is 0 Å². The maximum atomic E-state index is 2.37. The quantitative estimate of drug-likeness (QED) is 0.191. The van der Waals surface area contributed by atoms with Crippen LogP contribution in [0.2, 0.25) is 0 Å². The first-order chi connectivity index (χ1) is 9.81. The Morgan fingerprint density at radius 3 is 1.50 bits per heavy atom. The molecule has 0 aromatic heterocycles. The van der Waals surface area contributed by atoms with Crippen molar-refractivity contribution in [2.45, 2.75) is 104 Å². The van der Waals surface area contributed by atoms with Gasteiger partial charge in [-0.2, -0.15) is 0 Å². The first-order valence-corrected chi connectivity index (χ1v) is 9.34. The molecule has 1 nitrogen and oxygen atoms in total. The molecule has 0 spiro atoms. The number of rotatable bonds is 15. The first kappa shape index (κ1) is 19.7. The van der Waals surface area contributed by atoms with E-state index in [4.69, 9.17) is 0 Å². The van der Waals surface area contributed by atoms with Crippen LogP contribution in [0.1, 0.15) is 104 Å². The second-order valence-corrected chi connectivity index (χ2v) is 6.34. The van der Waals surface area contributed by atoms with Gasteiger partial charge in [-0.1, -0.05) is 78.1 Å². The predicted octanol–water partition coefficient (Wildman–Crippen LogP) is 6.20. The van der Waals surface area contributed by atoms with Gasteiger partial charge < -0.3 is 0 Å². The van der Waals surface area contributed by atoms with Crippen LogP contribution in [0, 0.1) is 0 Å². The summed E-state index contributed by atoms with van der Waals surface area (Å²) in [6.45, 7) is 5.78. The molecule has 0 fully saturated rings. The Hall–Kier alpha value is -0.330. The summed E-state index contributed by atoms with van der Waals surface area (Å²) in [4.78, 5) is 0. The molecule has 0 rings (SSSR count). The van der Waals surface area contributed by atoms with Gasteiger partial charge in [0.1, 0.15) is 19.8 Å². The molecular formula is C19H40N+. The average Bonchev–Trinajstić information content (AvgIpc) is 2.46. The average molecular weight is 283 g/mol. The molecule has 120 valence electrons. The van der Waals surface area contributed by atoms with Crippen molar-refractivity contribution in [3.05, 3.63) is 0 Å². The van der Waals surface area contributed by atoms with Crippen LogP contribution >= 0.6 is 0 Å². The molecule has 0 aliphatic carbocycles. The zero-order valence-corrected chi connectivity index (χ0v) is 14.6. The van der Waals surface area contributed by atoms with Crippen molar-refractivity contribution in [3.8, 4) is 0 Å². The molecule has 0 aliphatic rings. The summed E-state index contributed by atoms with van der Waals surface area (Å²) in [6, 6.07) is 0. The Bertz CT molecular complexity index is 208. The fraction of sp³-hybridized carbons (Fsp3) is 0.947. The van der Waals surface area contributed by atoms with E-state index in [2.05, 4.69) is 31.7 Å². The van der Waals surface area contributed by atoms with Crippen LogP contribution in [0.15, 0.2) is 0 Å². The maximum Gasteiger partial charge on any atom is 0.142 e. The summed E-state index contributed by atoms with van der Waals surface area (Å²) in [6.07, 6.45) is 22.1. The molecule has 0 unspecified atom stereocenters. The molecule has 0 heterocycles. The van der Waals surface area contributed by atoms with Crippen LogP contribution in [0.3, 0.4) is 0 Å². The lowest BCUT2D eigenvalue weighted by molar-refractivity contribution is -0.494. The second kappa shape index (κ2) is 16.7. The Morgan fingerprint density at radius 1 is 0.600 bits per heavy atom. The van der Waals surface area contributed by atoms with Crippen LogP contribution in [0.25, 0.3) is 0 Å². The minimum atomic E-state index is 1.23. The van der Waals surface area contributed by atoms with E-state index >= 15 is 0 Å². The van der Waals surface area contributed by atoms with Crippen molar-refractivity contribution in [2.75, 3.05) is 13.6 Å². The summed E-state index contributed by atoms with van der Waals surface area (Å²) in [5.74, 6) is 0. The van der Waals surface area contributed by atoms with Crippen molar-refractivity contribution in [2.24, 2.45) is 0 Å². The van der Waals surface area contributed by atoms with Crippen molar-refractivity contribution in [1.82, 2.24) is 0 Å². The first-order valence-electron chi connectivity index (χ1n) is 9.34. The summed E-state index contributed by atoms with van der Waals surface area (Å²) in [5, 5.41) is 0. The summed E-state index contributed by atoms with van der Waals surface area (Å²) >= 11 is 0. The third-order valence-electron chi connectivity index (χ3n) is 4.09. The zero-order valence-electron chi connectivity index (χ0n) is 14.6. The van der Waals surface area contributed by atoms with Gasteiger partial charge in [0.15, 0.2) is 0 Å². The maximum absolute atomic E-state index is 2.37. The molecule has 0 saturated heterocycles. The minimum absolute atomic E-state index is 1.23. The van der Waals surface area contributed by atoms with Gasteiger partial charge in [0, 0.05) is 12.8 Å². The number of nitrogens with zero attached hydrogens (tertiary/aromatic N) is 1. The van der Waals surface area contributed by atoms with Crippen LogP contribution < -0.4 is 0 Å². The van der Waals surface area contributed by atoms with E-state index in [9.17, 15) is 0 Å². The van der Waals surface area contributed by atoms with Gasteiger partial charge in [-0.05, 0) is 12.8 Å². The minimum Gasteiger partial charge on any atom is -0.242 e. The standard InChI is InChI=1S/C19H40N/c1-4-6-8-9-10-11-12-13-14-15-16-17-19-20(3)18-7-5-2/h18H,4-17,19H2,1-3H3/q+1. The topological polar surface area (TPSA) is 3.01 Å². The normalized spacial score (nSPS) is 12.1. The van der Waals surface area contributed by atoms with E-state index in [1.54, 1.807) is 0 Å². The van der Waals surface area contributed by atoms with Gasteiger partial charge in [-0.3, -0.25) is 0 Å². The summed E-state index contributed by atoms with van der Waals surface area (Å²) in [5.41, 5.74) is 0. The molecule has 0 N–H and O–H groups in total. The Morgan fingerprint density at radius 2 is 1.05 bits per heavy atom. The molecule has 0 bridgehead atoms. The number of hydrogen-bond acceptors (Lipinski definition) is 0. The van der Waals surface area contributed by atoms with Crippen molar-refractivity contribution in [1.29, 1.82) is 0 Å². The Kier molecular flexibility index (Phi) is 16.4. The lowest BCUT2D eigenvalue weighted by Gasteiger charge is -2.02. The molecule has 0 atom stereocenters. The number of hydrogen-bond donors (Lipinski definition) is 0. The predicted molar refractivity (Wildman–Crippen MR) is 93.1 cm³/mol. The molecule has 0 radical (unpaired) electrons. The van der Waals surface area contributed by atoms with E-state index in [1.807, 2.05) is 0 Å². The lowest BCUT2D eigenvalue weighted by Crippen LogP contribution is -2.08. The van der Waals surface area contributed by atoms with Gasteiger partial charge in [0.05, 0.1) is 0 Å². The molecular weight excluding hydrogens is 242 g/mol. The third-order valence-corrected chi connectivity index (χ3v) is 4.09. The molecule has 0 aromatic carbocycles. The Balaban J connectivity index is 3.09.